The molecule has 2 aromatic heterocycles. The van der Waals surface area contributed by atoms with Crippen molar-refractivity contribution in [2.24, 2.45) is 0 Å². The van der Waals surface area contributed by atoms with Gasteiger partial charge in [-0.3, -0.25) is 10.1 Å². The van der Waals surface area contributed by atoms with Gasteiger partial charge in [0.05, 0.1) is 4.47 Å². The van der Waals surface area contributed by atoms with Gasteiger partial charge in [-0.2, -0.15) is 0 Å². The molecule has 0 radical (unpaired) electrons. The lowest BCUT2D eigenvalue weighted by Crippen LogP contribution is -2.27. The third-order valence-corrected chi connectivity index (χ3v) is 3.99. The minimum Gasteiger partial charge on any atom is -0.460 e. The maximum Gasteiger partial charge on any atom is 0.412 e. The van der Waals surface area contributed by atoms with Crippen LogP contribution in [0.2, 0.25) is 0 Å². The summed E-state index contributed by atoms with van der Waals surface area (Å²) in [5, 5.41) is 2.68. The van der Waals surface area contributed by atoms with Crippen molar-refractivity contribution in [3.63, 3.8) is 0 Å². The number of ether oxygens (including phenoxy) is 1. The first-order valence-electron chi connectivity index (χ1n) is 8.29. The van der Waals surface area contributed by atoms with Crippen LogP contribution in [0.15, 0.2) is 57.7 Å². The average Bonchev–Trinajstić information content (AvgIpc) is 3.22. The summed E-state index contributed by atoms with van der Waals surface area (Å²) < 4.78 is 11.2. The topological polar surface area (TPSA) is 84.3 Å². The number of aromatic nitrogens is 1. The predicted molar refractivity (Wildman–Crippen MR) is 106 cm³/mol. The molecule has 0 aliphatic carbocycles. The molecule has 0 aliphatic rings. The highest BCUT2D eigenvalue weighted by Gasteiger charge is 2.17. The van der Waals surface area contributed by atoms with Gasteiger partial charge in [0.1, 0.15) is 11.9 Å². The van der Waals surface area contributed by atoms with E-state index in [1.807, 2.05) is 12.1 Å². The first-order valence-corrected chi connectivity index (χ1v) is 9.08. The Kier molecular flexibility index (Phi) is 5.23. The van der Waals surface area contributed by atoms with E-state index in [0.717, 1.165) is 15.7 Å². The minimum absolute atomic E-state index is 0.202. The van der Waals surface area contributed by atoms with Gasteiger partial charge in [-0.15, -0.1) is 0 Å². The Labute approximate surface area is 165 Å². The summed E-state index contributed by atoms with van der Waals surface area (Å²) in [7, 11) is 0. The molecule has 6 nitrogen and oxygen atoms in total. The molecule has 1 amide bonds. The number of benzene rings is 1. The van der Waals surface area contributed by atoms with Gasteiger partial charge in [0, 0.05) is 29.2 Å². The molecule has 0 unspecified atom stereocenters. The first kappa shape index (κ1) is 19.0. The Morgan fingerprint density at radius 2 is 1.85 bits per heavy atom. The van der Waals surface area contributed by atoms with Crippen molar-refractivity contribution in [3.05, 3.63) is 64.7 Å². The van der Waals surface area contributed by atoms with E-state index in [1.54, 1.807) is 51.2 Å². The zero-order valence-electron chi connectivity index (χ0n) is 15.1. The molecule has 0 spiro atoms. The third kappa shape index (κ3) is 4.89. The number of carbonyl (C=O) groups excluding carboxylic acids is 2. The number of furan rings is 1. The third-order valence-electron chi connectivity index (χ3n) is 3.58. The minimum atomic E-state index is -0.555. The Morgan fingerprint density at radius 3 is 2.44 bits per heavy atom. The van der Waals surface area contributed by atoms with Crippen LogP contribution in [0.1, 0.15) is 36.9 Å². The van der Waals surface area contributed by atoms with Crippen molar-refractivity contribution in [1.82, 2.24) is 4.98 Å². The van der Waals surface area contributed by atoms with E-state index in [0.29, 0.717) is 11.3 Å². The van der Waals surface area contributed by atoms with E-state index in [9.17, 15) is 9.59 Å². The normalized spacial score (nSPS) is 11.3. The largest absolute Gasteiger partial charge is 0.460 e. The number of nitrogens with one attached hydrogen (secondary N) is 2. The van der Waals surface area contributed by atoms with Crippen LogP contribution in [0.4, 0.5) is 10.5 Å². The summed E-state index contributed by atoms with van der Waals surface area (Å²) in [6.45, 7) is 5.42. The quantitative estimate of drug-likeness (QED) is 0.526. The van der Waals surface area contributed by atoms with Gasteiger partial charge in [-0.25, -0.2) is 4.79 Å². The summed E-state index contributed by atoms with van der Waals surface area (Å²) in [6.07, 6.45) is 2.60. The van der Waals surface area contributed by atoms with Gasteiger partial charge in [-0.05, 0) is 60.5 Å². The molecule has 2 N–H and O–H groups in total. The van der Waals surface area contributed by atoms with Gasteiger partial charge in [-0.1, -0.05) is 12.1 Å². The van der Waals surface area contributed by atoms with Crippen LogP contribution >= 0.6 is 15.9 Å². The van der Waals surface area contributed by atoms with E-state index in [2.05, 4.69) is 26.2 Å². The maximum atomic E-state index is 12.4. The highest BCUT2D eigenvalue weighted by atomic mass is 79.9. The zero-order valence-corrected chi connectivity index (χ0v) is 16.7. The summed E-state index contributed by atoms with van der Waals surface area (Å²) in [4.78, 5) is 27.3. The number of hydrogen-bond donors (Lipinski definition) is 2. The Hall–Kier alpha value is -2.80. The second-order valence-electron chi connectivity index (χ2n) is 6.96. The van der Waals surface area contributed by atoms with E-state index in [1.165, 1.54) is 6.26 Å². The molecule has 0 atom stereocenters. The van der Waals surface area contributed by atoms with E-state index in [4.69, 9.17) is 9.15 Å². The molecule has 0 fully saturated rings. The number of hydrogen-bond acceptors (Lipinski definition) is 4. The molecule has 0 aliphatic heterocycles. The number of halogens is 1. The smallest absolute Gasteiger partial charge is 0.412 e. The molecule has 27 heavy (non-hydrogen) atoms. The lowest BCUT2D eigenvalue weighted by molar-refractivity contribution is 0.0635. The lowest BCUT2D eigenvalue weighted by atomic mass is 10.1. The van der Waals surface area contributed by atoms with Gasteiger partial charge < -0.3 is 14.1 Å². The fourth-order valence-corrected chi connectivity index (χ4v) is 2.72. The van der Waals surface area contributed by atoms with Crippen LogP contribution in [0, 0.1) is 0 Å². The molecule has 0 saturated heterocycles. The van der Waals surface area contributed by atoms with E-state index in [-0.39, 0.29) is 11.5 Å². The molecule has 140 valence electrons. The fourth-order valence-electron chi connectivity index (χ4n) is 2.42. The van der Waals surface area contributed by atoms with Crippen LogP contribution in [0.25, 0.3) is 11.3 Å². The predicted octanol–water partition coefficient (Wildman–Crippen LogP) is 5.62. The van der Waals surface area contributed by atoms with E-state index < -0.39 is 11.7 Å². The van der Waals surface area contributed by atoms with Crippen molar-refractivity contribution >= 4 is 33.5 Å². The molecular weight excluding hydrogens is 412 g/mol. The van der Waals surface area contributed by atoms with E-state index >= 15 is 0 Å². The van der Waals surface area contributed by atoms with Gasteiger partial charge >= 0.3 is 6.09 Å². The highest BCUT2D eigenvalue weighted by molar-refractivity contribution is 9.10. The number of H-pyrrole nitrogens is 1. The first-order chi connectivity index (χ1) is 12.7. The highest BCUT2D eigenvalue weighted by Crippen LogP contribution is 2.24. The molecular formula is C20H19BrN2O4. The van der Waals surface area contributed by atoms with Crippen molar-refractivity contribution in [2.45, 2.75) is 26.4 Å². The van der Waals surface area contributed by atoms with Crippen LogP contribution in [-0.2, 0) is 4.74 Å². The lowest BCUT2D eigenvalue weighted by Gasteiger charge is -2.19. The number of ketones is 1. The van der Waals surface area contributed by atoms with Gasteiger partial charge in [0.15, 0.2) is 5.76 Å². The van der Waals surface area contributed by atoms with Crippen LogP contribution in [0.3, 0.4) is 0 Å². The standard InChI is InChI=1S/C20H19BrN2O4/c1-20(2,3)27-19(25)23-15-6-4-12(5-7-15)16-8-13(10-22-16)18(24)17-9-14(21)11-26-17/h4-11,22H,1-3H3,(H,23,25). The van der Waals surface area contributed by atoms with Crippen molar-refractivity contribution in [3.8, 4) is 11.3 Å². The number of rotatable bonds is 4. The number of aromatic amines is 1. The number of carbonyl (C=O) groups is 2. The van der Waals surface area contributed by atoms with Crippen molar-refractivity contribution in [1.29, 1.82) is 0 Å². The maximum absolute atomic E-state index is 12.4. The zero-order chi connectivity index (χ0) is 19.6. The Morgan fingerprint density at radius 1 is 1.15 bits per heavy atom. The second kappa shape index (κ2) is 7.44. The van der Waals surface area contributed by atoms with Crippen LogP contribution in [-0.4, -0.2) is 22.5 Å². The monoisotopic (exact) mass is 430 g/mol. The van der Waals surface area contributed by atoms with Crippen molar-refractivity contribution < 1.29 is 18.7 Å². The second-order valence-corrected chi connectivity index (χ2v) is 7.88. The molecule has 1 aromatic carbocycles. The molecule has 3 rings (SSSR count). The van der Waals surface area contributed by atoms with Crippen LogP contribution in [0.5, 0.6) is 0 Å². The number of anilines is 1. The van der Waals surface area contributed by atoms with Crippen LogP contribution < -0.4 is 5.32 Å². The summed E-state index contributed by atoms with van der Waals surface area (Å²) in [6, 6.07) is 10.6. The molecule has 7 heteroatoms. The average molecular weight is 431 g/mol. The Balaban J connectivity index is 1.70. The molecule has 0 saturated carbocycles. The molecule has 2 heterocycles. The summed E-state index contributed by atoms with van der Waals surface area (Å²) >= 11 is 3.26. The summed E-state index contributed by atoms with van der Waals surface area (Å²) in [5.41, 5.74) is 2.23. The Bertz CT molecular complexity index is 965. The summed E-state index contributed by atoms with van der Waals surface area (Å²) in [5.74, 6) is 0.0655. The SMILES string of the molecule is CC(C)(C)OC(=O)Nc1ccc(-c2cc(C(=O)c3cc(Br)co3)c[nH]2)cc1. The van der Waals surface area contributed by atoms with Gasteiger partial charge in [0.2, 0.25) is 5.78 Å². The fraction of sp³-hybridized carbons (Fsp3) is 0.200. The van der Waals surface area contributed by atoms with Crippen molar-refractivity contribution in [2.75, 3.05) is 5.32 Å². The molecule has 3 aromatic rings. The van der Waals surface area contributed by atoms with Gasteiger partial charge in [0.25, 0.3) is 0 Å². The number of amides is 1. The molecule has 0 bridgehead atoms.